The van der Waals surface area contributed by atoms with E-state index in [9.17, 15) is 9.59 Å². The smallest absolute Gasteiger partial charge is 0.303 e. The number of rotatable bonds is 8. The summed E-state index contributed by atoms with van der Waals surface area (Å²) in [6, 6.07) is 0. The van der Waals surface area contributed by atoms with Crippen molar-refractivity contribution in [3.8, 4) is 0 Å². The Hall–Kier alpha value is -1.46. The summed E-state index contributed by atoms with van der Waals surface area (Å²) in [6.07, 6.45) is 1.12. The first-order valence-corrected chi connectivity index (χ1v) is 4.40. The van der Waals surface area contributed by atoms with Crippen LogP contribution in [-0.4, -0.2) is 35.2 Å². The lowest BCUT2D eigenvalue weighted by molar-refractivity contribution is -0.138. The lowest BCUT2D eigenvalue weighted by Gasteiger charge is -1.91. The maximum Gasteiger partial charge on any atom is 0.303 e. The molecule has 14 heavy (non-hydrogen) atoms. The zero-order chi connectivity index (χ0) is 10.8. The Morgan fingerprint density at radius 3 is 1.50 bits per heavy atom. The van der Waals surface area contributed by atoms with Crippen molar-refractivity contribution in [1.29, 1.82) is 0 Å². The Kier molecular flexibility index (Phi) is 7.30. The summed E-state index contributed by atoms with van der Waals surface area (Å²) in [6.45, 7) is 0.777. The van der Waals surface area contributed by atoms with Crippen LogP contribution in [0.2, 0.25) is 0 Å². The second-order valence-corrected chi connectivity index (χ2v) is 2.72. The van der Waals surface area contributed by atoms with Crippen LogP contribution in [0.4, 0.5) is 0 Å². The van der Waals surface area contributed by atoms with Gasteiger partial charge in [0.25, 0.3) is 0 Å². The predicted octanol–water partition coefficient (Wildman–Crippen LogP) is 1.17. The van der Waals surface area contributed by atoms with Gasteiger partial charge in [0.1, 0.15) is 0 Å². The van der Waals surface area contributed by atoms with E-state index in [1.807, 2.05) is 0 Å². The van der Waals surface area contributed by atoms with Gasteiger partial charge in [0.15, 0.2) is 0 Å². The van der Waals surface area contributed by atoms with Gasteiger partial charge in [-0.25, -0.2) is 0 Å². The number of aliphatic carboxylic acids is 2. The van der Waals surface area contributed by atoms with Crippen molar-refractivity contribution in [2.75, 3.05) is 13.1 Å². The molecule has 80 valence electrons. The van der Waals surface area contributed by atoms with Crippen molar-refractivity contribution in [2.24, 2.45) is 10.2 Å². The number of carboxylic acids is 2. The molecule has 0 aromatic heterocycles. The van der Waals surface area contributed by atoms with E-state index in [1.165, 1.54) is 0 Å². The minimum Gasteiger partial charge on any atom is -0.481 e. The quantitative estimate of drug-likeness (QED) is 0.455. The average molecular weight is 202 g/mol. The maximum absolute atomic E-state index is 10.1. The number of azo groups is 1. The van der Waals surface area contributed by atoms with E-state index in [2.05, 4.69) is 10.2 Å². The molecule has 0 fully saturated rings. The molecule has 0 aliphatic heterocycles. The largest absolute Gasteiger partial charge is 0.481 e. The van der Waals surface area contributed by atoms with E-state index < -0.39 is 11.9 Å². The molecular weight excluding hydrogens is 188 g/mol. The number of carbonyl (C=O) groups is 2. The second-order valence-electron chi connectivity index (χ2n) is 2.72. The Morgan fingerprint density at radius 1 is 0.857 bits per heavy atom. The van der Waals surface area contributed by atoms with Gasteiger partial charge < -0.3 is 10.2 Å². The highest BCUT2D eigenvalue weighted by Crippen LogP contribution is 1.93. The van der Waals surface area contributed by atoms with Gasteiger partial charge in [-0.1, -0.05) is 0 Å². The third-order valence-corrected chi connectivity index (χ3v) is 1.40. The van der Waals surface area contributed by atoms with Crippen molar-refractivity contribution in [2.45, 2.75) is 25.7 Å². The molecule has 0 unspecified atom stereocenters. The molecule has 0 amide bonds. The SMILES string of the molecule is O=C(O)CCCN=NCCCC(=O)O. The Labute approximate surface area is 81.7 Å². The predicted molar refractivity (Wildman–Crippen MR) is 48.3 cm³/mol. The topological polar surface area (TPSA) is 99.3 Å². The average Bonchev–Trinajstić information content (AvgIpc) is 2.08. The monoisotopic (exact) mass is 202 g/mol. The molecular formula is C8H14N2O4. The third-order valence-electron chi connectivity index (χ3n) is 1.40. The van der Waals surface area contributed by atoms with Gasteiger partial charge in [-0.15, -0.1) is 0 Å². The zero-order valence-corrected chi connectivity index (χ0v) is 7.85. The Balaban J connectivity index is 3.19. The fourth-order valence-corrected chi connectivity index (χ4v) is 0.743. The summed E-state index contributed by atoms with van der Waals surface area (Å²) in [5.74, 6) is -1.68. The summed E-state index contributed by atoms with van der Waals surface area (Å²) in [5.41, 5.74) is 0. The molecule has 0 aromatic carbocycles. The van der Waals surface area contributed by atoms with Gasteiger partial charge in [-0.3, -0.25) is 9.59 Å². The van der Waals surface area contributed by atoms with Crippen LogP contribution in [0.15, 0.2) is 10.2 Å². The molecule has 0 aliphatic rings. The maximum atomic E-state index is 10.1. The molecule has 6 heteroatoms. The summed E-state index contributed by atoms with van der Waals surface area (Å²) in [5, 5.41) is 24.0. The molecule has 0 aliphatic carbocycles. The van der Waals surface area contributed by atoms with Crippen LogP contribution in [0.25, 0.3) is 0 Å². The molecule has 0 radical (unpaired) electrons. The van der Waals surface area contributed by atoms with Gasteiger partial charge in [0, 0.05) is 12.8 Å². The van der Waals surface area contributed by atoms with Crippen molar-refractivity contribution in [1.82, 2.24) is 0 Å². The first-order valence-electron chi connectivity index (χ1n) is 4.40. The Bertz CT molecular complexity index is 193. The van der Waals surface area contributed by atoms with Gasteiger partial charge in [0.2, 0.25) is 0 Å². The number of hydrogen-bond acceptors (Lipinski definition) is 4. The molecule has 0 heterocycles. The van der Waals surface area contributed by atoms with Crippen LogP contribution in [0.1, 0.15) is 25.7 Å². The Morgan fingerprint density at radius 2 is 1.21 bits per heavy atom. The lowest BCUT2D eigenvalue weighted by Crippen LogP contribution is -1.96. The summed E-state index contributed by atoms with van der Waals surface area (Å²) in [4.78, 5) is 20.1. The van der Waals surface area contributed by atoms with Crippen molar-refractivity contribution in [3.63, 3.8) is 0 Å². The second kappa shape index (κ2) is 8.15. The first-order chi connectivity index (χ1) is 6.63. The van der Waals surface area contributed by atoms with Gasteiger partial charge in [0.05, 0.1) is 13.1 Å². The van der Waals surface area contributed by atoms with E-state index in [1.54, 1.807) is 0 Å². The molecule has 0 aromatic rings. The van der Waals surface area contributed by atoms with Crippen molar-refractivity contribution >= 4 is 11.9 Å². The molecule has 0 saturated carbocycles. The van der Waals surface area contributed by atoms with Crippen molar-refractivity contribution < 1.29 is 19.8 Å². The minimum atomic E-state index is -0.842. The van der Waals surface area contributed by atoms with E-state index >= 15 is 0 Å². The zero-order valence-electron chi connectivity index (χ0n) is 7.85. The van der Waals surface area contributed by atoms with Crippen molar-refractivity contribution in [3.05, 3.63) is 0 Å². The van der Waals surface area contributed by atoms with Crippen LogP contribution in [0.3, 0.4) is 0 Å². The van der Waals surface area contributed by atoms with Gasteiger partial charge in [-0.2, -0.15) is 10.2 Å². The standard InChI is InChI=1S/C8H14N2O4/c11-7(12)3-1-5-9-10-6-2-4-8(13)14/h1-6H2,(H,11,12)(H,13,14). The molecule has 2 N–H and O–H groups in total. The summed E-state index contributed by atoms with van der Waals surface area (Å²) in [7, 11) is 0. The minimum absolute atomic E-state index is 0.0914. The highest BCUT2D eigenvalue weighted by Gasteiger charge is 1.95. The van der Waals surface area contributed by atoms with Crippen LogP contribution >= 0.6 is 0 Å². The highest BCUT2D eigenvalue weighted by molar-refractivity contribution is 5.66. The van der Waals surface area contributed by atoms with E-state index in [0.717, 1.165) is 0 Å². The normalized spacial score (nSPS) is 10.6. The van der Waals surface area contributed by atoms with Crippen LogP contribution in [0.5, 0.6) is 0 Å². The van der Waals surface area contributed by atoms with E-state index in [-0.39, 0.29) is 12.8 Å². The third kappa shape index (κ3) is 10.5. The molecule has 0 saturated heterocycles. The summed E-state index contributed by atoms with van der Waals surface area (Å²) < 4.78 is 0. The van der Waals surface area contributed by atoms with Crippen LogP contribution in [0, 0.1) is 0 Å². The lowest BCUT2D eigenvalue weighted by atomic mass is 10.3. The molecule has 0 atom stereocenters. The van der Waals surface area contributed by atoms with E-state index in [0.29, 0.717) is 25.9 Å². The van der Waals surface area contributed by atoms with Gasteiger partial charge in [-0.05, 0) is 12.8 Å². The summed E-state index contributed by atoms with van der Waals surface area (Å²) >= 11 is 0. The molecule has 6 nitrogen and oxygen atoms in total. The van der Waals surface area contributed by atoms with Gasteiger partial charge >= 0.3 is 11.9 Å². The fraction of sp³-hybridized carbons (Fsp3) is 0.750. The molecule has 0 rings (SSSR count). The number of nitrogens with zero attached hydrogens (tertiary/aromatic N) is 2. The number of carboxylic acid groups (broad SMARTS) is 2. The molecule has 0 spiro atoms. The first kappa shape index (κ1) is 12.5. The van der Waals surface area contributed by atoms with Crippen LogP contribution < -0.4 is 0 Å². The fourth-order valence-electron chi connectivity index (χ4n) is 0.743. The van der Waals surface area contributed by atoms with Crippen LogP contribution in [-0.2, 0) is 9.59 Å². The number of hydrogen-bond donors (Lipinski definition) is 2. The van der Waals surface area contributed by atoms with E-state index in [4.69, 9.17) is 10.2 Å². The highest BCUT2D eigenvalue weighted by atomic mass is 16.4. The molecule has 0 bridgehead atoms.